The van der Waals surface area contributed by atoms with E-state index >= 15 is 0 Å². The number of anilines is 1. The van der Waals surface area contributed by atoms with Gasteiger partial charge in [-0.1, -0.05) is 0 Å². The first-order valence-electron chi connectivity index (χ1n) is 7.41. The molecule has 24 heavy (non-hydrogen) atoms. The van der Waals surface area contributed by atoms with Crippen molar-refractivity contribution in [1.82, 2.24) is 20.0 Å². The molecule has 0 fully saturated rings. The Bertz CT molecular complexity index is 1060. The Morgan fingerprint density at radius 1 is 1.25 bits per heavy atom. The van der Waals surface area contributed by atoms with Crippen LogP contribution in [-0.2, 0) is 7.05 Å². The maximum absolute atomic E-state index is 12.5. The second-order valence-corrected chi connectivity index (χ2v) is 5.49. The molecule has 0 saturated heterocycles. The van der Waals surface area contributed by atoms with Crippen molar-refractivity contribution in [3.63, 3.8) is 0 Å². The van der Waals surface area contributed by atoms with Gasteiger partial charge in [0.25, 0.3) is 5.91 Å². The number of fused-ring (bicyclic) bond motifs is 2. The van der Waals surface area contributed by atoms with Gasteiger partial charge in [0.2, 0.25) is 5.88 Å². The van der Waals surface area contributed by atoms with E-state index in [1.807, 2.05) is 24.3 Å². The molecule has 4 rings (SSSR count). The van der Waals surface area contributed by atoms with Crippen molar-refractivity contribution in [1.29, 1.82) is 0 Å². The van der Waals surface area contributed by atoms with E-state index in [1.54, 1.807) is 37.2 Å². The van der Waals surface area contributed by atoms with E-state index in [2.05, 4.69) is 20.6 Å². The number of benzene rings is 2. The molecule has 4 aromatic rings. The van der Waals surface area contributed by atoms with Crippen LogP contribution in [0.15, 0.2) is 42.6 Å². The maximum Gasteiger partial charge on any atom is 0.255 e. The smallest absolute Gasteiger partial charge is 0.255 e. The number of aromatic amines is 1. The van der Waals surface area contributed by atoms with Crippen LogP contribution in [0.1, 0.15) is 10.4 Å². The number of amides is 1. The first-order valence-corrected chi connectivity index (χ1v) is 7.41. The van der Waals surface area contributed by atoms with Gasteiger partial charge < -0.3 is 10.1 Å². The number of ether oxygens (including phenoxy) is 1. The maximum atomic E-state index is 12.5. The van der Waals surface area contributed by atoms with Crippen molar-refractivity contribution in [2.75, 3.05) is 12.4 Å². The van der Waals surface area contributed by atoms with Crippen LogP contribution in [0.25, 0.3) is 21.8 Å². The number of methoxy groups -OCH3 is 1. The van der Waals surface area contributed by atoms with Gasteiger partial charge in [0, 0.05) is 23.7 Å². The molecule has 120 valence electrons. The van der Waals surface area contributed by atoms with Crippen LogP contribution in [0.4, 0.5) is 5.69 Å². The number of nitrogens with one attached hydrogen (secondary N) is 2. The minimum absolute atomic E-state index is 0.194. The largest absolute Gasteiger partial charge is 0.481 e. The predicted octanol–water partition coefficient (Wildman–Crippen LogP) is 2.71. The molecule has 2 heterocycles. The van der Waals surface area contributed by atoms with Gasteiger partial charge >= 0.3 is 0 Å². The van der Waals surface area contributed by atoms with Gasteiger partial charge in [-0.25, -0.2) is 4.68 Å². The number of aromatic nitrogens is 4. The molecule has 7 heteroatoms. The van der Waals surface area contributed by atoms with Crippen LogP contribution in [0.5, 0.6) is 5.88 Å². The zero-order chi connectivity index (χ0) is 16.7. The molecular formula is C17H15N5O2. The Morgan fingerprint density at radius 3 is 2.96 bits per heavy atom. The van der Waals surface area contributed by atoms with Crippen molar-refractivity contribution in [3.8, 4) is 5.88 Å². The zero-order valence-corrected chi connectivity index (χ0v) is 13.2. The lowest BCUT2D eigenvalue weighted by Crippen LogP contribution is -2.11. The highest BCUT2D eigenvalue weighted by Gasteiger charge is 2.13. The Kier molecular flexibility index (Phi) is 3.19. The second kappa shape index (κ2) is 5.38. The highest BCUT2D eigenvalue weighted by atomic mass is 16.5. The summed E-state index contributed by atoms with van der Waals surface area (Å²) in [6.07, 6.45) is 1.74. The van der Waals surface area contributed by atoms with Gasteiger partial charge in [-0.05, 0) is 36.4 Å². The summed E-state index contributed by atoms with van der Waals surface area (Å²) in [5.74, 6) is 0.474. The number of carbonyl (C=O) groups excluding carboxylic acids is 1. The van der Waals surface area contributed by atoms with Crippen LogP contribution in [-0.4, -0.2) is 33.0 Å². The molecule has 0 aliphatic heterocycles. The standard InChI is InChI=1S/C17H15N5O2/c1-22-17(24-2)13-6-4-10(7-15(13)21-22)16(23)19-12-5-3-11-9-18-20-14(11)8-12/h3-9H,1-2H3,(H,18,20)(H,19,23). The Hall–Kier alpha value is -3.35. The molecule has 0 atom stereocenters. The fourth-order valence-electron chi connectivity index (χ4n) is 2.78. The normalized spacial score (nSPS) is 11.1. The molecule has 2 aromatic carbocycles. The minimum Gasteiger partial charge on any atom is -0.481 e. The van der Waals surface area contributed by atoms with E-state index in [1.165, 1.54) is 0 Å². The lowest BCUT2D eigenvalue weighted by Gasteiger charge is -2.05. The fourth-order valence-corrected chi connectivity index (χ4v) is 2.78. The summed E-state index contributed by atoms with van der Waals surface area (Å²) in [7, 11) is 3.40. The predicted molar refractivity (Wildman–Crippen MR) is 91.3 cm³/mol. The van der Waals surface area contributed by atoms with Crippen molar-refractivity contribution in [2.45, 2.75) is 0 Å². The van der Waals surface area contributed by atoms with E-state index in [4.69, 9.17) is 4.74 Å². The number of hydrogen-bond acceptors (Lipinski definition) is 4. The summed E-state index contributed by atoms with van der Waals surface area (Å²) in [5.41, 5.74) is 2.83. The third kappa shape index (κ3) is 2.26. The molecule has 0 spiro atoms. The highest BCUT2D eigenvalue weighted by molar-refractivity contribution is 6.07. The van der Waals surface area contributed by atoms with E-state index in [0.29, 0.717) is 22.6 Å². The zero-order valence-electron chi connectivity index (χ0n) is 13.2. The molecule has 2 N–H and O–H groups in total. The molecule has 0 radical (unpaired) electrons. The van der Waals surface area contributed by atoms with Crippen LogP contribution >= 0.6 is 0 Å². The van der Waals surface area contributed by atoms with Crippen molar-refractivity contribution in [3.05, 3.63) is 48.2 Å². The van der Waals surface area contributed by atoms with Crippen molar-refractivity contribution in [2.24, 2.45) is 7.05 Å². The lowest BCUT2D eigenvalue weighted by atomic mass is 10.1. The van der Waals surface area contributed by atoms with Gasteiger partial charge in [0.05, 0.1) is 29.7 Å². The van der Waals surface area contributed by atoms with Crippen LogP contribution in [0, 0.1) is 0 Å². The lowest BCUT2D eigenvalue weighted by molar-refractivity contribution is 0.102. The molecule has 0 bridgehead atoms. The van der Waals surface area contributed by atoms with Crippen molar-refractivity contribution >= 4 is 33.4 Å². The van der Waals surface area contributed by atoms with E-state index in [9.17, 15) is 4.79 Å². The SMILES string of the molecule is COc1c2ccc(C(=O)Nc3ccc4cn[nH]c4c3)cc2nn1C. The average molecular weight is 321 g/mol. The highest BCUT2D eigenvalue weighted by Crippen LogP contribution is 2.25. The number of hydrogen-bond donors (Lipinski definition) is 2. The van der Waals surface area contributed by atoms with Crippen LogP contribution in [0.2, 0.25) is 0 Å². The first kappa shape index (κ1) is 14.3. The third-order valence-corrected chi connectivity index (χ3v) is 3.94. The van der Waals surface area contributed by atoms with Gasteiger partial charge in [-0.15, -0.1) is 0 Å². The fraction of sp³-hybridized carbons (Fsp3) is 0.118. The van der Waals surface area contributed by atoms with Crippen molar-refractivity contribution < 1.29 is 9.53 Å². The van der Waals surface area contributed by atoms with E-state index in [-0.39, 0.29) is 5.91 Å². The summed E-state index contributed by atoms with van der Waals surface area (Å²) < 4.78 is 6.97. The topological polar surface area (TPSA) is 84.8 Å². The summed E-state index contributed by atoms with van der Waals surface area (Å²) in [5, 5.41) is 16.0. The second-order valence-electron chi connectivity index (χ2n) is 5.49. The number of carbonyl (C=O) groups is 1. The van der Waals surface area contributed by atoms with Gasteiger partial charge in [-0.2, -0.15) is 10.2 Å². The summed E-state index contributed by atoms with van der Waals surface area (Å²) in [6, 6.07) is 11.0. The molecule has 2 aromatic heterocycles. The number of rotatable bonds is 3. The third-order valence-electron chi connectivity index (χ3n) is 3.94. The molecule has 7 nitrogen and oxygen atoms in total. The average Bonchev–Trinajstić information content (AvgIpc) is 3.16. The first-order chi connectivity index (χ1) is 11.7. The van der Waals surface area contributed by atoms with Crippen LogP contribution in [0.3, 0.4) is 0 Å². The molecular weight excluding hydrogens is 306 g/mol. The Labute approximate surface area is 137 Å². The number of nitrogens with zero attached hydrogens (tertiary/aromatic N) is 3. The summed E-state index contributed by atoms with van der Waals surface area (Å²) >= 11 is 0. The molecule has 0 saturated carbocycles. The van der Waals surface area contributed by atoms with Crippen LogP contribution < -0.4 is 10.1 Å². The Morgan fingerprint density at radius 2 is 2.12 bits per heavy atom. The number of aryl methyl sites for hydroxylation is 1. The molecule has 1 amide bonds. The monoisotopic (exact) mass is 321 g/mol. The molecule has 0 unspecified atom stereocenters. The van der Waals surface area contributed by atoms with Gasteiger partial charge in [-0.3, -0.25) is 9.89 Å². The quantitative estimate of drug-likeness (QED) is 0.607. The van der Waals surface area contributed by atoms with E-state index < -0.39 is 0 Å². The van der Waals surface area contributed by atoms with E-state index in [0.717, 1.165) is 16.3 Å². The van der Waals surface area contributed by atoms with Gasteiger partial charge in [0.1, 0.15) is 0 Å². The molecule has 0 aliphatic rings. The summed E-state index contributed by atoms with van der Waals surface area (Å²) in [6.45, 7) is 0. The molecule has 0 aliphatic carbocycles. The summed E-state index contributed by atoms with van der Waals surface area (Å²) in [4.78, 5) is 12.5. The number of H-pyrrole nitrogens is 1. The minimum atomic E-state index is -0.194. The van der Waals surface area contributed by atoms with Gasteiger partial charge in [0.15, 0.2) is 0 Å². The Balaban J connectivity index is 1.64.